The second kappa shape index (κ2) is 10.1. The van der Waals surface area contributed by atoms with Gasteiger partial charge in [-0.15, -0.1) is 0 Å². The van der Waals surface area contributed by atoms with E-state index in [4.69, 9.17) is 16.3 Å². The lowest BCUT2D eigenvalue weighted by Gasteiger charge is -2.14. The Kier molecular flexibility index (Phi) is 7.31. The summed E-state index contributed by atoms with van der Waals surface area (Å²) in [5.74, 6) is -1.30. The number of ether oxygens (including phenoxy) is 1. The third kappa shape index (κ3) is 5.76. The number of alkyl halides is 2. The van der Waals surface area contributed by atoms with Crippen LogP contribution in [-0.4, -0.2) is 39.4 Å². The summed E-state index contributed by atoms with van der Waals surface area (Å²) in [6.45, 7) is 1.24. The molecule has 2 aromatic heterocycles. The van der Waals surface area contributed by atoms with Gasteiger partial charge < -0.3 is 10.1 Å². The summed E-state index contributed by atoms with van der Waals surface area (Å²) in [7, 11) is 0. The van der Waals surface area contributed by atoms with Crippen molar-refractivity contribution >= 4 is 29.3 Å². The lowest BCUT2D eigenvalue weighted by molar-refractivity contribution is 0.0896. The zero-order chi connectivity index (χ0) is 23.3. The lowest BCUT2D eigenvalue weighted by atomic mass is 10.2. The minimum atomic E-state index is -3.02. The number of pyridine rings is 1. The molecule has 8 nitrogen and oxygen atoms in total. The van der Waals surface area contributed by atoms with Crippen molar-refractivity contribution in [2.75, 3.05) is 11.9 Å². The summed E-state index contributed by atoms with van der Waals surface area (Å²) in [5.41, 5.74) is -0.937. The summed E-state index contributed by atoms with van der Waals surface area (Å²) in [6.07, 6.45) is -1.40. The molecule has 0 fully saturated rings. The minimum Gasteiger partial charge on any atom is -0.447 e. The molecule has 0 radical (unpaired) electrons. The second-order valence-electron chi connectivity index (χ2n) is 6.59. The number of hydrogen-bond donors (Lipinski definition) is 2. The minimum absolute atomic E-state index is 0.0838. The second-order valence-corrected chi connectivity index (χ2v) is 7.00. The van der Waals surface area contributed by atoms with Crippen molar-refractivity contribution in [3.8, 4) is 5.82 Å². The van der Waals surface area contributed by atoms with Gasteiger partial charge in [-0.1, -0.05) is 17.7 Å². The molecular weight excluding hydrogens is 451 g/mol. The summed E-state index contributed by atoms with van der Waals surface area (Å²) in [4.78, 5) is 28.3. The first-order valence-corrected chi connectivity index (χ1v) is 9.61. The Labute approximate surface area is 185 Å². The smallest absolute Gasteiger partial charge is 0.411 e. The van der Waals surface area contributed by atoms with Gasteiger partial charge in [-0.05, 0) is 37.3 Å². The molecular formula is C20H17ClF3N5O3. The Hall–Kier alpha value is -3.60. The molecule has 32 heavy (non-hydrogen) atoms. The van der Waals surface area contributed by atoms with Crippen LogP contribution in [0.4, 0.5) is 23.7 Å². The lowest BCUT2D eigenvalue weighted by Crippen LogP contribution is -2.37. The maximum absolute atomic E-state index is 13.4. The average molecular weight is 468 g/mol. The van der Waals surface area contributed by atoms with Crippen LogP contribution in [0.2, 0.25) is 5.02 Å². The van der Waals surface area contributed by atoms with Crippen LogP contribution < -0.4 is 10.6 Å². The molecule has 0 bridgehead atoms. The molecule has 2 N–H and O–H groups in total. The predicted octanol–water partition coefficient (Wildman–Crippen LogP) is 4.36. The summed E-state index contributed by atoms with van der Waals surface area (Å²) in [6, 6.07) is 7.52. The third-order valence-electron chi connectivity index (χ3n) is 4.06. The largest absolute Gasteiger partial charge is 0.447 e. The van der Waals surface area contributed by atoms with Crippen molar-refractivity contribution < 1.29 is 27.5 Å². The van der Waals surface area contributed by atoms with E-state index in [2.05, 4.69) is 20.7 Å². The number of carbonyl (C=O) groups is 2. The van der Waals surface area contributed by atoms with E-state index < -0.39 is 36.0 Å². The maximum atomic E-state index is 13.4. The standard InChI is InChI=1S/C20H17ClF3N5O3/c1-11(10-32-20(31)27-13-5-2-4-12(22)8-13)26-19(30)14-9-29(28-16(14)17(23)24)18-15(21)6-3-7-25-18/h2-9,11,17H,10H2,1H3,(H,26,30)(H,27,31)/t11-/m0/s1. The first kappa shape index (κ1) is 23.1. The summed E-state index contributed by atoms with van der Waals surface area (Å²) in [5, 5.41) is 8.67. The predicted molar refractivity (Wildman–Crippen MR) is 110 cm³/mol. The van der Waals surface area contributed by atoms with Crippen molar-refractivity contribution in [3.63, 3.8) is 0 Å². The average Bonchev–Trinajstić information content (AvgIpc) is 3.18. The van der Waals surface area contributed by atoms with E-state index in [0.29, 0.717) is 0 Å². The quantitative estimate of drug-likeness (QED) is 0.538. The maximum Gasteiger partial charge on any atom is 0.411 e. The molecule has 0 aliphatic carbocycles. The van der Waals surface area contributed by atoms with Gasteiger partial charge in [-0.2, -0.15) is 5.10 Å². The van der Waals surface area contributed by atoms with E-state index in [1.807, 2.05) is 0 Å². The van der Waals surface area contributed by atoms with Crippen molar-refractivity contribution in [2.45, 2.75) is 19.4 Å². The molecule has 0 aliphatic rings. The molecule has 3 aromatic rings. The highest BCUT2D eigenvalue weighted by Crippen LogP contribution is 2.24. The molecule has 168 valence electrons. The number of anilines is 1. The number of nitrogens with one attached hydrogen (secondary N) is 2. The third-order valence-corrected chi connectivity index (χ3v) is 4.36. The van der Waals surface area contributed by atoms with Crippen molar-refractivity contribution in [1.82, 2.24) is 20.1 Å². The van der Waals surface area contributed by atoms with E-state index >= 15 is 0 Å². The van der Waals surface area contributed by atoms with Gasteiger partial charge in [-0.3, -0.25) is 10.1 Å². The Morgan fingerprint density at radius 1 is 1.25 bits per heavy atom. The number of benzene rings is 1. The van der Waals surface area contributed by atoms with Crippen LogP contribution in [0.25, 0.3) is 5.82 Å². The number of carbonyl (C=O) groups excluding carboxylic acids is 2. The Balaban J connectivity index is 1.63. The normalized spacial score (nSPS) is 11.8. The first-order chi connectivity index (χ1) is 15.2. The number of nitrogens with zero attached hydrogens (tertiary/aromatic N) is 3. The topological polar surface area (TPSA) is 98.1 Å². The van der Waals surface area contributed by atoms with E-state index in [0.717, 1.165) is 16.9 Å². The number of rotatable bonds is 7. The molecule has 1 atom stereocenters. The molecule has 0 aliphatic heterocycles. The van der Waals surface area contributed by atoms with Crippen molar-refractivity contribution in [3.05, 3.63) is 70.9 Å². The van der Waals surface area contributed by atoms with Gasteiger partial charge in [0.05, 0.1) is 16.6 Å². The highest BCUT2D eigenvalue weighted by Gasteiger charge is 2.25. The van der Waals surface area contributed by atoms with Crippen LogP contribution in [0.5, 0.6) is 0 Å². The Morgan fingerprint density at radius 3 is 2.72 bits per heavy atom. The van der Waals surface area contributed by atoms with Crippen LogP contribution in [0.15, 0.2) is 48.8 Å². The van der Waals surface area contributed by atoms with Crippen LogP contribution in [0.1, 0.15) is 29.4 Å². The van der Waals surface area contributed by atoms with Crippen molar-refractivity contribution in [1.29, 1.82) is 0 Å². The fourth-order valence-electron chi connectivity index (χ4n) is 2.64. The Morgan fingerprint density at radius 2 is 2.03 bits per heavy atom. The van der Waals surface area contributed by atoms with Gasteiger partial charge in [0.25, 0.3) is 12.3 Å². The highest BCUT2D eigenvalue weighted by atomic mass is 35.5. The van der Waals surface area contributed by atoms with Crippen LogP contribution in [0.3, 0.4) is 0 Å². The molecule has 0 unspecified atom stereocenters. The van der Waals surface area contributed by atoms with E-state index in [1.54, 1.807) is 6.07 Å². The molecule has 3 rings (SSSR count). The summed E-state index contributed by atoms with van der Waals surface area (Å²) >= 11 is 6.01. The molecule has 0 saturated carbocycles. The van der Waals surface area contributed by atoms with Gasteiger partial charge in [0.1, 0.15) is 18.1 Å². The monoisotopic (exact) mass is 467 g/mol. The Bertz CT molecular complexity index is 1130. The van der Waals surface area contributed by atoms with Gasteiger partial charge in [-0.25, -0.2) is 27.6 Å². The van der Waals surface area contributed by atoms with Gasteiger partial charge >= 0.3 is 6.09 Å². The number of hydrogen-bond acceptors (Lipinski definition) is 5. The van der Waals surface area contributed by atoms with Gasteiger partial charge in [0, 0.05) is 18.1 Å². The molecule has 2 amide bonds. The van der Waals surface area contributed by atoms with E-state index in [9.17, 15) is 22.8 Å². The number of amides is 2. The molecule has 0 saturated heterocycles. The zero-order valence-corrected chi connectivity index (χ0v) is 17.3. The molecule has 12 heteroatoms. The van der Waals surface area contributed by atoms with Crippen LogP contribution in [0, 0.1) is 5.82 Å². The molecule has 2 heterocycles. The fraction of sp³-hybridized carbons (Fsp3) is 0.200. The number of halogens is 4. The fourth-order valence-corrected chi connectivity index (χ4v) is 2.85. The van der Waals surface area contributed by atoms with Crippen LogP contribution >= 0.6 is 11.6 Å². The van der Waals surface area contributed by atoms with Crippen LogP contribution in [-0.2, 0) is 4.74 Å². The highest BCUT2D eigenvalue weighted by molar-refractivity contribution is 6.32. The van der Waals surface area contributed by atoms with E-state index in [-0.39, 0.29) is 28.7 Å². The van der Waals surface area contributed by atoms with Gasteiger partial charge in [0.2, 0.25) is 0 Å². The van der Waals surface area contributed by atoms with E-state index in [1.165, 1.54) is 37.4 Å². The summed E-state index contributed by atoms with van der Waals surface area (Å²) < 4.78 is 46.0. The van der Waals surface area contributed by atoms with Gasteiger partial charge in [0.15, 0.2) is 5.82 Å². The molecule has 1 aromatic carbocycles. The zero-order valence-electron chi connectivity index (χ0n) is 16.6. The van der Waals surface area contributed by atoms with Crippen molar-refractivity contribution in [2.24, 2.45) is 0 Å². The molecule has 0 spiro atoms. The first-order valence-electron chi connectivity index (χ1n) is 9.23. The number of aromatic nitrogens is 3. The SMILES string of the molecule is C[C@@H](COC(=O)Nc1cccc(F)c1)NC(=O)c1cn(-c2ncccc2Cl)nc1C(F)F.